The number of benzene rings is 1. The van der Waals surface area contributed by atoms with Crippen molar-refractivity contribution >= 4 is 33.7 Å². The van der Waals surface area contributed by atoms with E-state index in [0.717, 1.165) is 60.6 Å². The van der Waals surface area contributed by atoms with Crippen LogP contribution >= 0.6 is 11.3 Å². The maximum atomic E-state index is 12.9. The van der Waals surface area contributed by atoms with Crippen LogP contribution in [0, 0.1) is 0 Å². The molecule has 0 spiro atoms. The highest BCUT2D eigenvalue weighted by Crippen LogP contribution is 2.36. The van der Waals surface area contributed by atoms with Crippen LogP contribution in [0.1, 0.15) is 64.8 Å². The van der Waals surface area contributed by atoms with Gasteiger partial charge in [0, 0.05) is 53.8 Å². The maximum Gasteiger partial charge on any atom is 0.257 e. The van der Waals surface area contributed by atoms with Crippen LogP contribution in [-0.4, -0.2) is 43.8 Å². The Bertz CT molecular complexity index is 1380. The van der Waals surface area contributed by atoms with Crippen molar-refractivity contribution in [1.82, 2.24) is 24.3 Å². The lowest BCUT2D eigenvalue weighted by Gasteiger charge is -2.20. The molecule has 1 amide bonds. The molecule has 4 heterocycles. The summed E-state index contributed by atoms with van der Waals surface area (Å²) in [6.45, 7) is 1.88. The van der Waals surface area contributed by atoms with Crippen LogP contribution in [-0.2, 0) is 13.0 Å². The van der Waals surface area contributed by atoms with Gasteiger partial charge >= 0.3 is 0 Å². The highest BCUT2D eigenvalue weighted by atomic mass is 32.1. The number of hydrogen-bond acceptors (Lipinski definition) is 7. The van der Waals surface area contributed by atoms with Crippen molar-refractivity contribution in [1.29, 1.82) is 0 Å². The van der Waals surface area contributed by atoms with Gasteiger partial charge in [-0.3, -0.25) is 14.5 Å². The lowest BCUT2D eigenvalue weighted by Crippen LogP contribution is -2.25. The first-order valence-electron chi connectivity index (χ1n) is 12.3. The molecule has 6 rings (SSSR count). The van der Waals surface area contributed by atoms with Crippen LogP contribution < -0.4 is 11.1 Å². The van der Waals surface area contributed by atoms with Crippen molar-refractivity contribution in [2.45, 2.75) is 51.0 Å². The van der Waals surface area contributed by atoms with Gasteiger partial charge in [-0.1, -0.05) is 31.4 Å². The third-order valence-electron chi connectivity index (χ3n) is 7.14. The Morgan fingerprint density at radius 2 is 1.94 bits per heavy atom. The van der Waals surface area contributed by atoms with Crippen LogP contribution in [0.2, 0.25) is 0 Å². The molecule has 1 saturated carbocycles. The Morgan fingerprint density at radius 3 is 2.74 bits per heavy atom. The number of thiazole rings is 1. The molecule has 1 aromatic carbocycles. The van der Waals surface area contributed by atoms with Crippen LogP contribution in [0.5, 0.6) is 0 Å². The minimum absolute atomic E-state index is 0.158. The second kappa shape index (κ2) is 9.05. The number of carbonyl (C=O) groups excluding carboxylic acids is 1. The summed E-state index contributed by atoms with van der Waals surface area (Å²) < 4.78 is 2.11. The van der Waals surface area contributed by atoms with Crippen LogP contribution in [0.15, 0.2) is 36.7 Å². The lowest BCUT2D eigenvalue weighted by molar-refractivity contribution is 0.102. The van der Waals surface area contributed by atoms with E-state index in [2.05, 4.69) is 31.6 Å². The summed E-state index contributed by atoms with van der Waals surface area (Å²) >= 11 is 1.56. The average molecular weight is 488 g/mol. The summed E-state index contributed by atoms with van der Waals surface area (Å²) in [6, 6.07) is 7.56. The third-order valence-corrected chi connectivity index (χ3v) is 8.14. The molecule has 3 aromatic heterocycles. The highest BCUT2D eigenvalue weighted by molar-refractivity contribution is 7.15. The minimum Gasteiger partial charge on any atom is -0.382 e. The number of amides is 1. The molecule has 2 aliphatic rings. The Hall–Kier alpha value is -3.30. The van der Waals surface area contributed by atoms with E-state index < -0.39 is 0 Å². The molecule has 3 N–H and O–H groups in total. The summed E-state index contributed by atoms with van der Waals surface area (Å²) in [5, 5.41) is 3.64. The van der Waals surface area contributed by atoms with Gasteiger partial charge < -0.3 is 10.6 Å². The molecule has 1 aliphatic heterocycles. The zero-order valence-electron chi connectivity index (χ0n) is 19.8. The molecule has 35 heavy (non-hydrogen) atoms. The minimum atomic E-state index is -0.158. The number of hydrogen-bond donors (Lipinski definition) is 2. The molecule has 0 radical (unpaired) electrons. The van der Waals surface area contributed by atoms with Crippen molar-refractivity contribution in [2.24, 2.45) is 0 Å². The van der Waals surface area contributed by atoms with Gasteiger partial charge in [-0.25, -0.2) is 15.0 Å². The number of imidazole rings is 1. The van der Waals surface area contributed by atoms with Gasteiger partial charge in [0.2, 0.25) is 0 Å². The Kier molecular flexibility index (Phi) is 5.74. The summed E-state index contributed by atoms with van der Waals surface area (Å²) in [5.74, 6) is 1.80. The number of nitrogens with one attached hydrogen (secondary N) is 1. The summed E-state index contributed by atoms with van der Waals surface area (Å²) in [6.07, 6.45) is 10.7. The van der Waals surface area contributed by atoms with Gasteiger partial charge in [-0.15, -0.1) is 11.3 Å². The second-order valence-electron chi connectivity index (χ2n) is 9.59. The predicted octanol–water partition coefficient (Wildman–Crippen LogP) is 4.72. The first-order chi connectivity index (χ1) is 17.1. The third kappa shape index (κ3) is 4.19. The number of anilines is 2. The number of nitrogens with two attached hydrogens (primary N) is 1. The van der Waals surface area contributed by atoms with E-state index in [9.17, 15) is 4.79 Å². The zero-order chi connectivity index (χ0) is 23.9. The number of carbonyl (C=O) groups is 1. The topological polar surface area (TPSA) is 101 Å². The monoisotopic (exact) mass is 487 g/mol. The fourth-order valence-corrected chi connectivity index (χ4v) is 6.35. The van der Waals surface area contributed by atoms with Crippen LogP contribution in [0.3, 0.4) is 0 Å². The number of likely N-dealkylation sites (N-methyl/N-ethyl adjacent to an activating group) is 1. The largest absolute Gasteiger partial charge is 0.382 e. The molecule has 1 fully saturated rings. The lowest BCUT2D eigenvalue weighted by atomic mass is 9.89. The second-order valence-corrected chi connectivity index (χ2v) is 10.7. The van der Waals surface area contributed by atoms with E-state index in [1.165, 1.54) is 24.1 Å². The van der Waals surface area contributed by atoms with Gasteiger partial charge in [0.05, 0.1) is 5.69 Å². The van der Waals surface area contributed by atoms with Crippen molar-refractivity contribution in [3.63, 3.8) is 0 Å². The molecule has 8 nitrogen and oxygen atoms in total. The Labute approximate surface area is 208 Å². The number of rotatable bonds is 4. The maximum absolute atomic E-state index is 12.9. The SMILES string of the molecule is CN1CCc2nc(NC(=O)c3ccc(-c4nc(C5CCCCC5)n5ccnc(N)c45)cc3)sc2C1. The average Bonchev–Trinajstić information content (AvgIpc) is 3.46. The highest BCUT2D eigenvalue weighted by Gasteiger charge is 2.24. The van der Waals surface area contributed by atoms with Crippen molar-refractivity contribution in [2.75, 3.05) is 24.6 Å². The first kappa shape index (κ1) is 22.2. The standard InChI is InChI=1S/C26H29N7OS/c1-32-13-11-19-20(15-32)35-26(29-19)31-25(34)18-9-7-16(8-10-18)21-22-23(27)28-12-14-33(22)24(30-21)17-5-3-2-4-6-17/h7-10,12,14,17H,2-6,11,13,15H2,1H3,(H2,27,28)(H,29,31,34). The summed E-state index contributed by atoms with van der Waals surface area (Å²) in [7, 11) is 2.10. The van der Waals surface area contributed by atoms with Gasteiger partial charge in [0.15, 0.2) is 5.13 Å². The molecular weight excluding hydrogens is 458 g/mol. The molecule has 4 aromatic rings. The quantitative estimate of drug-likeness (QED) is 0.432. The fraction of sp³-hybridized carbons (Fsp3) is 0.385. The normalized spacial score (nSPS) is 16.9. The molecule has 0 saturated heterocycles. The number of aromatic nitrogens is 4. The molecule has 0 unspecified atom stereocenters. The smallest absolute Gasteiger partial charge is 0.257 e. The molecular formula is C26H29N7OS. The van der Waals surface area contributed by atoms with Gasteiger partial charge in [-0.2, -0.15) is 0 Å². The fourth-order valence-electron chi connectivity index (χ4n) is 5.26. The van der Waals surface area contributed by atoms with E-state index in [-0.39, 0.29) is 5.91 Å². The summed E-state index contributed by atoms with van der Waals surface area (Å²) in [5.41, 5.74) is 10.6. The van der Waals surface area contributed by atoms with Gasteiger partial charge in [-0.05, 0) is 32.0 Å². The molecule has 0 atom stereocenters. The molecule has 1 aliphatic carbocycles. The molecule has 180 valence electrons. The van der Waals surface area contributed by atoms with Crippen LogP contribution in [0.25, 0.3) is 16.8 Å². The Morgan fingerprint density at radius 1 is 1.14 bits per heavy atom. The van der Waals surface area contributed by atoms with Gasteiger partial charge in [0.25, 0.3) is 5.91 Å². The van der Waals surface area contributed by atoms with E-state index in [1.54, 1.807) is 17.5 Å². The summed E-state index contributed by atoms with van der Waals surface area (Å²) in [4.78, 5) is 30.4. The van der Waals surface area contributed by atoms with E-state index >= 15 is 0 Å². The molecule has 0 bridgehead atoms. The van der Waals surface area contributed by atoms with Crippen molar-refractivity contribution < 1.29 is 4.79 Å². The number of fused-ring (bicyclic) bond motifs is 2. The number of nitrogen functional groups attached to an aromatic ring is 1. The Balaban J connectivity index is 1.27. The van der Waals surface area contributed by atoms with E-state index in [1.807, 2.05) is 30.5 Å². The number of nitrogens with zero attached hydrogens (tertiary/aromatic N) is 5. The van der Waals surface area contributed by atoms with Crippen LogP contribution in [0.4, 0.5) is 10.9 Å². The predicted molar refractivity (Wildman–Crippen MR) is 139 cm³/mol. The van der Waals surface area contributed by atoms with Crippen molar-refractivity contribution in [3.8, 4) is 11.3 Å². The van der Waals surface area contributed by atoms with E-state index in [0.29, 0.717) is 22.4 Å². The van der Waals surface area contributed by atoms with Gasteiger partial charge in [0.1, 0.15) is 22.9 Å². The van der Waals surface area contributed by atoms with E-state index in [4.69, 9.17) is 10.7 Å². The molecule has 9 heteroatoms. The first-order valence-corrected chi connectivity index (χ1v) is 13.1. The zero-order valence-corrected chi connectivity index (χ0v) is 20.6. The van der Waals surface area contributed by atoms with Crippen molar-refractivity contribution in [3.05, 3.63) is 58.6 Å².